The normalized spacial score (nSPS) is 11.9. The average Bonchev–Trinajstić information content (AvgIpc) is 2.35. The maximum absolute atomic E-state index is 11.9. The number of carbonyl (C=O) groups excluding carboxylic acids is 1. The van der Waals surface area contributed by atoms with Crippen molar-refractivity contribution in [2.24, 2.45) is 5.92 Å². The minimum atomic E-state index is -0.459. The highest BCUT2D eigenvalue weighted by Gasteiger charge is 2.14. The van der Waals surface area contributed by atoms with Gasteiger partial charge in [0.1, 0.15) is 0 Å². The molecule has 0 aliphatic heterocycles. The van der Waals surface area contributed by atoms with Gasteiger partial charge in [0.05, 0.1) is 4.92 Å². The van der Waals surface area contributed by atoms with Crippen LogP contribution < -0.4 is 5.32 Å². The van der Waals surface area contributed by atoms with Crippen LogP contribution in [0, 0.1) is 23.0 Å². The van der Waals surface area contributed by atoms with E-state index in [2.05, 4.69) is 5.32 Å². The summed E-state index contributed by atoms with van der Waals surface area (Å²) in [6.07, 6.45) is 0.834. The Balaban J connectivity index is 2.68. The molecular formula is C13H17ClN2O3. The van der Waals surface area contributed by atoms with Crippen LogP contribution in [0.5, 0.6) is 0 Å². The van der Waals surface area contributed by atoms with Gasteiger partial charge in [-0.25, -0.2) is 0 Å². The molecule has 1 rings (SSSR count). The zero-order chi connectivity index (χ0) is 14.4. The van der Waals surface area contributed by atoms with Crippen LogP contribution in [0.15, 0.2) is 18.2 Å². The van der Waals surface area contributed by atoms with Gasteiger partial charge in [0.2, 0.25) is 0 Å². The van der Waals surface area contributed by atoms with E-state index in [0.29, 0.717) is 29.5 Å². The van der Waals surface area contributed by atoms with E-state index in [4.69, 9.17) is 11.6 Å². The number of amides is 1. The standard InChI is InChI=1S/C13H17ClN2O3/c1-9(5-6-14)8-15-13(17)11-3-4-12(16(18)19)10(2)7-11/h3-4,7,9H,5-6,8H2,1-2H3,(H,15,17). The largest absolute Gasteiger partial charge is 0.352 e. The van der Waals surface area contributed by atoms with E-state index in [1.807, 2.05) is 6.92 Å². The van der Waals surface area contributed by atoms with Gasteiger partial charge in [-0.05, 0) is 31.4 Å². The first-order valence-electron chi connectivity index (χ1n) is 6.05. The number of benzene rings is 1. The van der Waals surface area contributed by atoms with Crippen LogP contribution in [0.4, 0.5) is 5.69 Å². The second kappa shape index (κ2) is 7.09. The molecule has 0 bridgehead atoms. The zero-order valence-corrected chi connectivity index (χ0v) is 11.7. The van der Waals surface area contributed by atoms with Gasteiger partial charge in [0, 0.05) is 29.6 Å². The first-order chi connectivity index (χ1) is 8.95. The topological polar surface area (TPSA) is 72.2 Å². The van der Waals surface area contributed by atoms with Crippen molar-refractivity contribution >= 4 is 23.2 Å². The first-order valence-corrected chi connectivity index (χ1v) is 6.58. The third kappa shape index (κ3) is 4.52. The van der Waals surface area contributed by atoms with Crippen LogP contribution in [0.1, 0.15) is 29.3 Å². The number of aryl methyl sites for hydroxylation is 1. The molecule has 5 nitrogen and oxygen atoms in total. The number of nitrogens with one attached hydrogen (secondary N) is 1. The number of alkyl halides is 1. The molecule has 1 amide bonds. The van der Waals surface area contributed by atoms with Crippen LogP contribution in [-0.2, 0) is 0 Å². The van der Waals surface area contributed by atoms with Crippen molar-refractivity contribution < 1.29 is 9.72 Å². The molecule has 1 atom stereocenters. The predicted octanol–water partition coefficient (Wildman–Crippen LogP) is 2.90. The second-order valence-corrected chi connectivity index (χ2v) is 4.93. The van der Waals surface area contributed by atoms with E-state index < -0.39 is 4.92 Å². The Hall–Kier alpha value is -1.62. The van der Waals surface area contributed by atoms with Crippen molar-refractivity contribution in [1.82, 2.24) is 5.32 Å². The second-order valence-electron chi connectivity index (χ2n) is 4.55. The Morgan fingerprint density at radius 1 is 1.53 bits per heavy atom. The van der Waals surface area contributed by atoms with Gasteiger partial charge in [-0.3, -0.25) is 14.9 Å². The quantitative estimate of drug-likeness (QED) is 0.496. The maximum atomic E-state index is 11.9. The van der Waals surface area contributed by atoms with Gasteiger partial charge < -0.3 is 5.32 Å². The maximum Gasteiger partial charge on any atom is 0.272 e. The van der Waals surface area contributed by atoms with Crippen LogP contribution in [0.3, 0.4) is 0 Å². The molecule has 0 aliphatic carbocycles. The van der Waals surface area contributed by atoms with Crippen LogP contribution in [0.25, 0.3) is 0 Å². The highest BCUT2D eigenvalue weighted by molar-refractivity contribution is 6.17. The molecule has 0 fully saturated rings. The highest BCUT2D eigenvalue weighted by atomic mass is 35.5. The molecule has 1 N–H and O–H groups in total. The summed E-state index contributed by atoms with van der Waals surface area (Å²) >= 11 is 5.62. The molecule has 0 aliphatic rings. The van der Waals surface area contributed by atoms with Crippen molar-refractivity contribution in [1.29, 1.82) is 0 Å². The van der Waals surface area contributed by atoms with Crippen molar-refractivity contribution in [3.05, 3.63) is 39.4 Å². The molecule has 1 aromatic rings. The van der Waals surface area contributed by atoms with Crippen LogP contribution >= 0.6 is 11.6 Å². The van der Waals surface area contributed by atoms with Gasteiger partial charge in [-0.1, -0.05) is 6.92 Å². The summed E-state index contributed by atoms with van der Waals surface area (Å²) in [6.45, 7) is 4.16. The smallest absolute Gasteiger partial charge is 0.272 e. The molecule has 0 saturated carbocycles. The first kappa shape index (κ1) is 15.4. The number of hydrogen-bond acceptors (Lipinski definition) is 3. The van der Waals surface area contributed by atoms with Gasteiger partial charge in [0.15, 0.2) is 0 Å². The lowest BCUT2D eigenvalue weighted by atomic mass is 10.1. The lowest BCUT2D eigenvalue weighted by Crippen LogP contribution is -2.28. The fourth-order valence-electron chi connectivity index (χ4n) is 1.66. The average molecular weight is 285 g/mol. The van der Waals surface area contributed by atoms with E-state index in [-0.39, 0.29) is 11.6 Å². The summed E-state index contributed by atoms with van der Waals surface area (Å²) in [5.41, 5.74) is 0.930. The number of halogens is 1. The Kier molecular flexibility index (Phi) is 5.76. The number of carbonyl (C=O) groups is 1. The molecule has 6 heteroatoms. The number of nitrogens with zero attached hydrogens (tertiary/aromatic N) is 1. The Bertz CT molecular complexity index is 477. The molecule has 104 valence electrons. The molecule has 1 aromatic carbocycles. The summed E-state index contributed by atoms with van der Waals surface area (Å²) < 4.78 is 0. The van der Waals surface area contributed by atoms with Crippen molar-refractivity contribution in [3.63, 3.8) is 0 Å². The number of nitro groups is 1. The summed E-state index contributed by atoms with van der Waals surface area (Å²) in [5.74, 6) is 0.647. The molecule has 0 spiro atoms. The van der Waals surface area contributed by atoms with Crippen molar-refractivity contribution in [2.75, 3.05) is 12.4 Å². The monoisotopic (exact) mass is 284 g/mol. The van der Waals surface area contributed by atoms with E-state index >= 15 is 0 Å². The molecule has 19 heavy (non-hydrogen) atoms. The lowest BCUT2D eigenvalue weighted by Gasteiger charge is -2.11. The molecule has 0 heterocycles. The summed E-state index contributed by atoms with van der Waals surface area (Å²) in [5, 5.41) is 13.5. The number of nitro benzene ring substituents is 1. The summed E-state index contributed by atoms with van der Waals surface area (Å²) in [6, 6.07) is 4.35. The fourth-order valence-corrected chi connectivity index (χ4v) is 2.03. The Labute approximate surface area is 117 Å². The van der Waals surface area contributed by atoms with Gasteiger partial charge in [-0.2, -0.15) is 0 Å². The van der Waals surface area contributed by atoms with Gasteiger partial charge in [-0.15, -0.1) is 11.6 Å². The van der Waals surface area contributed by atoms with Crippen LogP contribution in [0.2, 0.25) is 0 Å². The SMILES string of the molecule is Cc1cc(C(=O)NCC(C)CCCl)ccc1[N+](=O)[O-]. The van der Waals surface area contributed by atoms with E-state index in [1.54, 1.807) is 6.92 Å². The minimum absolute atomic E-state index is 0.0204. The molecule has 0 saturated heterocycles. The predicted molar refractivity (Wildman–Crippen MR) is 74.7 cm³/mol. The Morgan fingerprint density at radius 2 is 2.21 bits per heavy atom. The number of rotatable bonds is 6. The molecule has 1 unspecified atom stereocenters. The minimum Gasteiger partial charge on any atom is -0.352 e. The van der Waals surface area contributed by atoms with E-state index in [1.165, 1.54) is 18.2 Å². The summed E-state index contributed by atoms with van der Waals surface area (Å²) in [4.78, 5) is 22.1. The van der Waals surface area contributed by atoms with E-state index in [9.17, 15) is 14.9 Å². The lowest BCUT2D eigenvalue weighted by molar-refractivity contribution is -0.385. The zero-order valence-electron chi connectivity index (χ0n) is 11.0. The molecular weight excluding hydrogens is 268 g/mol. The number of hydrogen-bond donors (Lipinski definition) is 1. The van der Waals surface area contributed by atoms with Crippen molar-refractivity contribution in [3.8, 4) is 0 Å². The van der Waals surface area contributed by atoms with E-state index in [0.717, 1.165) is 6.42 Å². The van der Waals surface area contributed by atoms with Crippen molar-refractivity contribution in [2.45, 2.75) is 20.3 Å². The third-order valence-electron chi connectivity index (χ3n) is 2.87. The fraction of sp³-hybridized carbons (Fsp3) is 0.462. The third-order valence-corrected chi connectivity index (χ3v) is 3.09. The molecule has 0 radical (unpaired) electrons. The Morgan fingerprint density at radius 3 is 2.74 bits per heavy atom. The summed E-state index contributed by atoms with van der Waals surface area (Å²) in [7, 11) is 0. The molecule has 0 aromatic heterocycles. The highest BCUT2D eigenvalue weighted by Crippen LogP contribution is 2.18. The van der Waals surface area contributed by atoms with Crippen LogP contribution in [-0.4, -0.2) is 23.3 Å². The van der Waals surface area contributed by atoms with Gasteiger partial charge >= 0.3 is 0 Å². The van der Waals surface area contributed by atoms with Gasteiger partial charge in [0.25, 0.3) is 11.6 Å².